The maximum absolute atomic E-state index is 13.9. The molecule has 4 aromatic carbocycles. The molecule has 0 spiro atoms. The van der Waals surface area contributed by atoms with Gasteiger partial charge in [-0.25, -0.2) is 9.37 Å². The number of amides is 1. The van der Waals surface area contributed by atoms with Crippen LogP contribution in [0.2, 0.25) is 10.0 Å². The monoisotopic (exact) mass is 600 g/mol. The minimum absolute atomic E-state index is 0.0348. The number of rotatable bonds is 7. The number of ether oxygens (including phenoxy) is 1. The molecule has 1 amide bonds. The first kappa shape index (κ1) is 27.2. The number of nitrogens with zero attached hydrogens (tertiary/aromatic N) is 3. The second kappa shape index (κ2) is 11.5. The number of benzene rings is 4. The summed E-state index contributed by atoms with van der Waals surface area (Å²) in [5, 5.41) is 8.89. The highest BCUT2D eigenvalue weighted by atomic mass is 35.5. The van der Waals surface area contributed by atoms with Crippen molar-refractivity contribution < 1.29 is 18.3 Å². The van der Waals surface area contributed by atoms with Crippen molar-refractivity contribution in [3.05, 3.63) is 123 Å². The van der Waals surface area contributed by atoms with Gasteiger partial charge in [0, 0.05) is 21.0 Å². The number of fused-ring (bicyclic) bond motifs is 2. The van der Waals surface area contributed by atoms with Crippen molar-refractivity contribution in [2.24, 2.45) is 5.10 Å². The van der Waals surface area contributed by atoms with Gasteiger partial charge in [0.05, 0.1) is 22.8 Å². The third-order valence-electron chi connectivity index (χ3n) is 6.24. The maximum atomic E-state index is 13.9. The molecule has 0 atom stereocenters. The molecular weight excluding hydrogens is 582 g/mol. The normalized spacial score (nSPS) is 11.4. The van der Waals surface area contributed by atoms with Gasteiger partial charge in [-0.05, 0) is 66.7 Å². The summed E-state index contributed by atoms with van der Waals surface area (Å²) in [6, 6.07) is 24.3. The van der Waals surface area contributed by atoms with Crippen LogP contribution in [-0.2, 0) is 4.79 Å². The first-order chi connectivity index (χ1) is 20.4. The predicted octanol–water partition coefficient (Wildman–Crippen LogP) is 7.16. The Morgan fingerprint density at radius 3 is 2.62 bits per heavy atom. The molecule has 2 aromatic heterocycles. The lowest BCUT2D eigenvalue weighted by molar-refractivity contribution is -0.118. The lowest BCUT2D eigenvalue weighted by Crippen LogP contribution is -2.21. The van der Waals surface area contributed by atoms with Gasteiger partial charge in [-0.1, -0.05) is 47.5 Å². The fraction of sp³-hybridized carbons (Fsp3) is 0.0323. The molecule has 6 rings (SSSR count). The largest absolute Gasteiger partial charge is 0.483 e. The summed E-state index contributed by atoms with van der Waals surface area (Å²) in [4.78, 5) is 30.7. The molecular formula is C31H19Cl2FN4O4. The van der Waals surface area contributed by atoms with Gasteiger partial charge in [0.25, 0.3) is 11.5 Å². The highest BCUT2D eigenvalue weighted by molar-refractivity contribution is 6.31. The standard InChI is InChI=1S/C31H19Cl2FN4O4/c32-20-10-12-27-18(13-20)15-28(42-27)30-37-24-7-3-1-5-22(24)31(40)38(30)35-16-19-14-21(33)9-11-26(19)41-17-29(39)36-25-8-4-2-6-23(25)34/h1-16H,17H2,(H,36,39). The van der Waals surface area contributed by atoms with E-state index in [0.717, 1.165) is 10.1 Å². The summed E-state index contributed by atoms with van der Waals surface area (Å²) in [6.07, 6.45) is 1.37. The van der Waals surface area contributed by atoms with Crippen LogP contribution < -0.4 is 15.6 Å². The van der Waals surface area contributed by atoms with Crippen LogP contribution >= 0.6 is 23.2 Å². The number of nitrogens with one attached hydrogen (secondary N) is 1. The van der Waals surface area contributed by atoms with E-state index >= 15 is 0 Å². The minimum atomic E-state index is -0.569. The summed E-state index contributed by atoms with van der Waals surface area (Å²) >= 11 is 12.4. The SMILES string of the molecule is O=C(COc1ccc(Cl)cc1C=Nn1c(-c2cc3cc(Cl)ccc3o2)nc2ccccc2c1=O)Nc1ccccc1F. The van der Waals surface area contributed by atoms with E-state index in [0.29, 0.717) is 37.9 Å². The number of hydrogen-bond acceptors (Lipinski definition) is 6. The molecule has 8 nitrogen and oxygen atoms in total. The summed E-state index contributed by atoms with van der Waals surface area (Å²) in [6.45, 7) is -0.416. The Bertz CT molecular complexity index is 2070. The van der Waals surface area contributed by atoms with Crippen molar-refractivity contribution >= 4 is 62.9 Å². The second-order valence-electron chi connectivity index (χ2n) is 9.11. The van der Waals surface area contributed by atoms with Crippen molar-refractivity contribution in [3.63, 3.8) is 0 Å². The number of carbonyl (C=O) groups excluding carboxylic acids is 1. The van der Waals surface area contributed by atoms with Crippen LogP contribution in [0.15, 0.2) is 105 Å². The van der Waals surface area contributed by atoms with E-state index in [1.54, 1.807) is 72.8 Å². The molecule has 0 fully saturated rings. The van der Waals surface area contributed by atoms with Crippen LogP contribution in [-0.4, -0.2) is 28.4 Å². The molecule has 0 unspecified atom stereocenters. The van der Waals surface area contributed by atoms with E-state index in [2.05, 4.69) is 15.4 Å². The van der Waals surface area contributed by atoms with Crippen molar-refractivity contribution in [2.45, 2.75) is 0 Å². The molecule has 208 valence electrons. The van der Waals surface area contributed by atoms with E-state index in [1.165, 1.54) is 24.4 Å². The predicted molar refractivity (Wildman–Crippen MR) is 161 cm³/mol. The topological polar surface area (TPSA) is 98.7 Å². The van der Waals surface area contributed by atoms with Gasteiger partial charge in [-0.15, -0.1) is 0 Å². The highest BCUT2D eigenvalue weighted by Gasteiger charge is 2.17. The zero-order chi connectivity index (χ0) is 29.2. The van der Waals surface area contributed by atoms with E-state index in [1.807, 2.05) is 0 Å². The molecule has 0 bridgehead atoms. The summed E-state index contributed by atoms with van der Waals surface area (Å²) in [5.41, 5.74) is 1.01. The van der Waals surface area contributed by atoms with Gasteiger partial charge < -0.3 is 14.5 Å². The van der Waals surface area contributed by atoms with E-state index in [9.17, 15) is 14.0 Å². The number of para-hydroxylation sites is 2. The fourth-order valence-corrected chi connectivity index (χ4v) is 4.64. The first-order valence-corrected chi connectivity index (χ1v) is 13.3. The van der Waals surface area contributed by atoms with Crippen LogP contribution in [0, 0.1) is 5.82 Å². The van der Waals surface area contributed by atoms with Crippen LogP contribution in [0.1, 0.15) is 5.56 Å². The number of carbonyl (C=O) groups is 1. The average molecular weight is 601 g/mol. The quantitative estimate of drug-likeness (QED) is 0.196. The van der Waals surface area contributed by atoms with Gasteiger partial charge in [0.15, 0.2) is 12.4 Å². The van der Waals surface area contributed by atoms with Gasteiger partial charge in [-0.2, -0.15) is 9.78 Å². The molecule has 0 saturated carbocycles. The Kier molecular flexibility index (Phi) is 7.43. The summed E-state index contributed by atoms with van der Waals surface area (Å²) < 4.78 is 26.7. The van der Waals surface area contributed by atoms with E-state index in [-0.39, 0.29) is 17.3 Å². The third kappa shape index (κ3) is 5.60. The third-order valence-corrected chi connectivity index (χ3v) is 6.71. The molecule has 11 heteroatoms. The fourth-order valence-electron chi connectivity index (χ4n) is 4.28. The minimum Gasteiger partial charge on any atom is -0.483 e. The van der Waals surface area contributed by atoms with Gasteiger partial charge >= 0.3 is 0 Å². The van der Waals surface area contributed by atoms with Crippen molar-refractivity contribution in [2.75, 3.05) is 11.9 Å². The number of aromatic nitrogens is 2. The number of anilines is 1. The summed E-state index contributed by atoms with van der Waals surface area (Å²) in [7, 11) is 0. The Hall–Kier alpha value is -4.99. The van der Waals surface area contributed by atoms with Crippen LogP contribution in [0.3, 0.4) is 0 Å². The van der Waals surface area contributed by atoms with Crippen LogP contribution in [0.4, 0.5) is 10.1 Å². The average Bonchev–Trinajstić information content (AvgIpc) is 3.40. The highest BCUT2D eigenvalue weighted by Crippen LogP contribution is 2.29. The lowest BCUT2D eigenvalue weighted by atomic mass is 10.2. The molecule has 0 radical (unpaired) electrons. The Morgan fingerprint density at radius 1 is 1.00 bits per heavy atom. The smallest absolute Gasteiger partial charge is 0.282 e. The molecule has 0 saturated heterocycles. The molecule has 42 heavy (non-hydrogen) atoms. The van der Waals surface area contributed by atoms with Gasteiger partial charge in [0.1, 0.15) is 17.1 Å². The summed E-state index contributed by atoms with van der Waals surface area (Å²) in [5.74, 6) is -0.410. The Balaban J connectivity index is 1.36. The first-order valence-electron chi connectivity index (χ1n) is 12.6. The van der Waals surface area contributed by atoms with Crippen molar-refractivity contribution in [1.29, 1.82) is 0 Å². The number of halogens is 3. The second-order valence-corrected chi connectivity index (χ2v) is 9.98. The van der Waals surface area contributed by atoms with Gasteiger partial charge in [-0.3, -0.25) is 9.59 Å². The van der Waals surface area contributed by atoms with Gasteiger partial charge in [0.2, 0.25) is 5.82 Å². The number of hydrogen-bond donors (Lipinski definition) is 1. The zero-order valence-electron chi connectivity index (χ0n) is 21.6. The molecule has 0 aliphatic carbocycles. The van der Waals surface area contributed by atoms with Crippen LogP contribution in [0.5, 0.6) is 5.75 Å². The van der Waals surface area contributed by atoms with Crippen molar-refractivity contribution in [3.8, 4) is 17.3 Å². The lowest BCUT2D eigenvalue weighted by Gasteiger charge is -2.11. The molecule has 6 aromatic rings. The molecule has 0 aliphatic heterocycles. The maximum Gasteiger partial charge on any atom is 0.282 e. The molecule has 1 N–H and O–H groups in total. The molecule has 2 heterocycles. The van der Waals surface area contributed by atoms with Crippen LogP contribution in [0.25, 0.3) is 33.5 Å². The Labute approximate surface area is 247 Å². The zero-order valence-corrected chi connectivity index (χ0v) is 23.1. The van der Waals surface area contributed by atoms with E-state index in [4.69, 9.17) is 32.4 Å². The number of furan rings is 1. The Morgan fingerprint density at radius 2 is 1.76 bits per heavy atom. The van der Waals surface area contributed by atoms with Crippen molar-refractivity contribution in [1.82, 2.24) is 9.66 Å². The van der Waals surface area contributed by atoms with E-state index < -0.39 is 23.9 Å². The molecule has 0 aliphatic rings.